The molecule has 3 aromatic heterocycles. The van der Waals surface area contributed by atoms with Gasteiger partial charge in [-0.05, 0) is 64.2 Å². The number of anilines is 1. The molecule has 222 valence electrons. The number of carbonyl (C=O) groups is 2. The summed E-state index contributed by atoms with van der Waals surface area (Å²) in [5, 5.41) is 4.45. The maximum atomic E-state index is 13.6. The van der Waals surface area contributed by atoms with Gasteiger partial charge in [0.1, 0.15) is 10.5 Å². The molecule has 1 aliphatic carbocycles. The van der Waals surface area contributed by atoms with E-state index < -0.39 is 51.3 Å². The molecule has 0 radical (unpaired) electrons. The van der Waals surface area contributed by atoms with Crippen molar-refractivity contribution in [3.63, 3.8) is 0 Å². The minimum Gasteiger partial charge on any atom is -0.462 e. The van der Waals surface area contributed by atoms with Crippen LogP contribution in [-0.4, -0.2) is 53.0 Å². The summed E-state index contributed by atoms with van der Waals surface area (Å²) < 4.78 is 79.0. The van der Waals surface area contributed by atoms with E-state index in [1.54, 1.807) is 39.1 Å². The second kappa shape index (κ2) is 11.0. The van der Waals surface area contributed by atoms with Crippen LogP contribution in [0.4, 0.5) is 23.8 Å². The van der Waals surface area contributed by atoms with Crippen molar-refractivity contribution in [2.24, 2.45) is 0 Å². The highest BCUT2D eigenvalue weighted by atomic mass is 32.2. The lowest BCUT2D eigenvalue weighted by molar-refractivity contribution is -0.137. The normalized spacial score (nSPS) is 14.2. The highest BCUT2D eigenvalue weighted by molar-refractivity contribution is 7.91. The number of ether oxygens (including phenoxy) is 2. The van der Waals surface area contributed by atoms with Crippen LogP contribution < -0.4 is 4.90 Å². The summed E-state index contributed by atoms with van der Waals surface area (Å²) in [4.78, 5) is 30.7. The zero-order valence-electron chi connectivity index (χ0n) is 23.3. The fourth-order valence-electron chi connectivity index (χ4n) is 4.16. The van der Waals surface area contributed by atoms with E-state index in [4.69, 9.17) is 9.47 Å². The number of rotatable bonds is 8. The van der Waals surface area contributed by atoms with Crippen LogP contribution >= 0.6 is 0 Å². The molecule has 0 atom stereocenters. The van der Waals surface area contributed by atoms with Gasteiger partial charge in [0.25, 0.3) is 0 Å². The first kappa shape index (κ1) is 30.3. The van der Waals surface area contributed by atoms with Crippen LogP contribution in [0.3, 0.4) is 0 Å². The summed E-state index contributed by atoms with van der Waals surface area (Å²) in [6, 6.07) is 4.00. The number of nitrogens with zero attached hydrogens (tertiary/aromatic N) is 4. The van der Waals surface area contributed by atoms with Gasteiger partial charge in [-0.3, -0.25) is 9.88 Å². The molecular formula is C27H31F3N4O6S. The van der Waals surface area contributed by atoms with Gasteiger partial charge in [-0.25, -0.2) is 22.5 Å². The maximum Gasteiger partial charge on any atom is 0.417 e. The first-order valence-corrected chi connectivity index (χ1v) is 14.7. The summed E-state index contributed by atoms with van der Waals surface area (Å²) in [5.74, 6) is -1.38. The Hall–Kier alpha value is -3.68. The molecule has 0 aromatic carbocycles. The SMILES string of the molecule is CCOC(=O)c1cc(C(F)(F)F)cnc1CN(C(=O)OC(C)(C)C)c1nn2cc(C3CC3)ccc2c1S(=O)(=O)CC. The highest BCUT2D eigenvalue weighted by Gasteiger charge is 2.37. The van der Waals surface area contributed by atoms with E-state index in [0.717, 1.165) is 23.3 Å². The number of pyridine rings is 2. The molecule has 0 unspecified atom stereocenters. The lowest BCUT2D eigenvalue weighted by atomic mass is 10.1. The molecule has 1 aliphatic rings. The summed E-state index contributed by atoms with van der Waals surface area (Å²) in [6.45, 7) is 6.96. The van der Waals surface area contributed by atoms with E-state index in [1.165, 1.54) is 18.4 Å². The lowest BCUT2D eigenvalue weighted by Crippen LogP contribution is -2.38. The molecule has 0 N–H and O–H groups in total. The first-order chi connectivity index (χ1) is 19.1. The number of amides is 1. The Morgan fingerprint density at radius 3 is 2.39 bits per heavy atom. The molecule has 0 spiro atoms. The second-order valence-corrected chi connectivity index (χ2v) is 12.8. The molecule has 0 bridgehead atoms. The van der Waals surface area contributed by atoms with Gasteiger partial charge in [-0.15, -0.1) is 5.10 Å². The molecule has 1 amide bonds. The van der Waals surface area contributed by atoms with Gasteiger partial charge in [-0.1, -0.05) is 13.0 Å². The molecule has 0 saturated heterocycles. The Labute approximate surface area is 235 Å². The number of esters is 1. The number of hydrogen-bond acceptors (Lipinski definition) is 8. The molecular weight excluding hydrogens is 565 g/mol. The number of fused-ring (bicyclic) bond motifs is 1. The van der Waals surface area contributed by atoms with Gasteiger partial charge in [0, 0.05) is 12.4 Å². The third-order valence-corrected chi connectivity index (χ3v) is 8.07. The minimum absolute atomic E-state index is 0.126. The van der Waals surface area contributed by atoms with Crippen LogP contribution in [-0.2, 0) is 32.0 Å². The molecule has 0 aliphatic heterocycles. The monoisotopic (exact) mass is 596 g/mol. The third kappa shape index (κ3) is 6.63. The van der Waals surface area contributed by atoms with Crippen molar-refractivity contribution in [1.82, 2.24) is 14.6 Å². The maximum absolute atomic E-state index is 13.6. The van der Waals surface area contributed by atoms with E-state index in [2.05, 4.69) is 10.1 Å². The Kier molecular flexibility index (Phi) is 8.09. The Morgan fingerprint density at radius 1 is 1.15 bits per heavy atom. The smallest absolute Gasteiger partial charge is 0.417 e. The predicted octanol–water partition coefficient (Wildman–Crippen LogP) is 5.54. The highest BCUT2D eigenvalue weighted by Crippen LogP contribution is 2.41. The van der Waals surface area contributed by atoms with Gasteiger partial charge in [0.05, 0.1) is 41.2 Å². The third-order valence-electron chi connectivity index (χ3n) is 6.30. The van der Waals surface area contributed by atoms with Crippen molar-refractivity contribution in [3.8, 4) is 0 Å². The summed E-state index contributed by atoms with van der Waals surface area (Å²) >= 11 is 0. The second-order valence-electron chi connectivity index (χ2n) is 10.6. The summed E-state index contributed by atoms with van der Waals surface area (Å²) in [5.41, 5.74) is -1.86. The van der Waals surface area contributed by atoms with E-state index >= 15 is 0 Å². The van der Waals surface area contributed by atoms with E-state index in [0.29, 0.717) is 18.2 Å². The van der Waals surface area contributed by atoms with Gasteiger partial charge in [0.15, 0.2) is 15.7 Å². The van der Waals surface area contributed by atoms with Crippen molar-refractivity contribution in [2.75, 3.05) is 17.3 Å². The molecule has 1 saturated carbocycles. The quantitative estimate of drug-likeness (QED) is 0.311. The number of alkyl halides is 3. The van der Waals surface area contributed by atoms with Gasteiger partial charge >= 0.3 is 18.2 Å². The fraction of sp³-hybridized carbons (Fsp3) is 0.481. The van der Waals surface area contributed by atoms with Crippen LogP contribution in [0.25, 0.3) is 5.52 Å². The number of hydrogen-bond donors (Lipinski definition) is 0. The van der Waals surface area contributed by atoms with Crippen molar-refractivity contribution >= 4 is 33.2 Å². The Bertz CT molecular complexity index is 1590. The zero-order chi connectivity index (χ0) is 30.3. The first-order valence-electron chi connectivity index (χ1n) is 13.0. The number of sulfone groups is 1. The van der Waals surface area contributed by atoms with E-state index in [9.17, 15) is 31.2 Å². The van der Waals surface area contributed by atoms with Crippen LogP contribution in [0.2, 0.25) is 0 Å². The van der Waals surface area contributed by atoms with Crippen molar-refractivity contribution in [2.45, 2.75) is 76.6 Å². The van der Waals surface area contributed by atoms with Gasteiger partial charge in [-0.2, -0.15) is 13.2 Å². The standard InChI is InChI=1S/C27H31F3N4O6S/c1-6-39-24(35)19-12-18(27(28,29)30)13-31-20(19)15-33(25(36)40-26(3,4)5)23-22(41(37,38)7-2)21-11-10-17(16-8-9-16)14-34(21)32-23/h10-14,16H,6-9,15H2,1-5H3. The number of halogens is 3. The van der Waals surface area contributed by atoms with Crippen molar-refractivity contribution in [3.05, 3.63) is 53.0 Å². The molecule has 10 nitrogen and oxygen atoms in total. The fourth-order valence-corrected chi connectivity index (χ4v) is 5.36. The van der Waals surface area contributed by atoms with Crippen LogP contribution in [0.1, 0.15) is 80.6 Å². The molecule has 3 aromatic rings. The minimum atomic E-state index is -4.80. The Morgan fingerprint density at radius 2 is 1.83 bits per heavy atom. The topological polar surface area (TPSA) is 120 Å². The molecule has 4 rings (SSSR count). The summed E-state index contributed by atoms with van der Waals surface area (Å²) in [6.07, 6.45) is -1.65. The molecule has 1 fully saturated rings. The molecule has 41 heavy (non-hydrogen) atoms. The lowest BCUT2D eigenvalue weighted by Gasteiger charge is -2.27. The predicted molar refractivity (Wildman–Crippen MR) is 143 cm³/mol. The zero-order valence-corrected chi connectivity index (χ0v) is 24.1. The number of carbonyl (C=O) groups excluding carboxylic acids is 2. The largest absolute Gasteiger partial charge is 0.462 e. The molecule has 14 heteroatoms. The van der Waals surface area contributed by atoms with Crippen molar-refractivity contribution in [1.29, 1.82) is 0 Å². The van der Waals surface area contributed by atoms with E-state index in [1.807, 2.05) is 0 Å². The van der Waals surface area contributed by atoms with Crippen LogP contribution in [0, 0.1) is 0 Å². The Balaban J connectivity index is 1.93. The number of aromatic nitrogens is 3. The van der Waals surface area contributed by atoms with Gasteiger partial charge in [0.2, 0.25) is 0 Å². The average molecular weight is 597 g/mol. The van der Waals surface area contributed by atoms with Gasteiger partial charge < -0.3 is 9.47 Å². The molecule has 3 heterocycles. The van der Waals surface area contributed by atoms with E-state index in [-0.39, 0.29) is 34.3 Å². The average Bonchev–Trinajstić information content (AvgIpc) is 3.65. The van der Waals surface area contributed by atoms with Crippen LogP contribution in [0.5, 0.6) is 0 Å². The summed E-state index contributed by atoms with van der Waals surface area (Å²) in [7, 11) is -4.00. The van der Waals surface area contributed by atoms with Crippen molar-refractivity contribution < 1.29 is 40.7 Å². The van der Waals surface area contributed by atoms with Crippen LogP contribution in [0.15, 0.2) is 35.5 Å².